The second-order valence-electron chi connectivity index (χ2n) is 10.3. The zero-order valence-corrected chi connectivity index (χ0v) is 22.5. The number of pyridine rings is 1. The van der Waals surface area contributed by atoms with Gasteiger partial charge in [0.2, 0.25) is 0 Å². The van der Waals surface area contributed by atoms with E-state index in [9.17, 15) is 0 Å². The van der Waals surface area contributed by atoms with Crippen LogP contribution in [0.25, 0.3) is 10.9 Å². The third-order valence-electron chi connectivity index (χ3n) is 5.56. The zero-order valence-electron chi connectivity index (χ0n) is 18.9. The molecule has 0 aromatic carbocycles. The van der Waals surface area contributed by atoms with Crippen LogP contribution in [0.3, 0.4) is 0 Å². The molecular formula is C20H36BrN3O2Si2. The molecule has 0 fully saturated rings. The van der Waals surface area contributed by atoms with Crippen LogP contribution in [0.4, 0.5) is 0 Å². The number of hydrogen-bond donors (Lipinski definition) is 0. The molecule has 0 spiro atoms. The van der Waals surface area contributed by atoms with Crippen molar-refractivity contribution in [3.8, 4) is 0 Å². The Hall–Kier alpha value is -0.546. The summed E-state index contributed by atoms with van der Waals surface area (Å²) in [7, 11) is -2.94. The molecule has 0 atom stereocenters. The molecule has 8 heteroatoms. The standard InChI is InChI=1S/C20H36BrN3O2Si2/c1-15-18(21)19-16(12-22-24(19)14-25-10-11-27(5,6)7)17(23-15)13-26-28(8,9)20(2,3)4/h12H,10-11,13-14H2,1-9H3. The van der Waals surface area contributed by atoms with E-state index >= 15 is 0 Å². The molecule has 2 rings (SSSR count). The third kappa shape index (κ3) is 5.75. The topological polar surface area (TPSA) is 49.2 Å². The highest BCUT2D eigenvalue weighted by Gasteiger charge is 2.37. The predicted molar refractivity (Wildman–Crippen MR) is 126 cm³/mol. The molecule has 0 amide bonds. The van der Waals surface area contributed by atoms with Gasteiger partial charge in [-0.05, 0) is 47.0 Å². The molecule has 5 nitrogen and oxygen atoms in total. The van der Waals surface area contributed by atoms with E-state index in [0.29, 0.717) is 13.3 Å². The van der Waals surface area contributed by atoms with Gasteiger partial charge in [-0.3, -0.25) is 4.98 Å². The lowest BCUT2D eigenvalue weighted by molar-refractivity contribution is 0.0816. The summed E-state index contributed by atoms with van der Waals surface area (Å²) in [6.45, 7) is 22.2. The molecule has 2 aromatic rings. The van der Waals surface area contributed by atoms with E-state index in [4.69, 9.17) is 14.1 Å². The Morgan fingerprint density at radius 1 is 1.14 bits per heavy atom. The van der Waals surface area contributed by atoms with Gasteiger partial charge in [0.25, 0.3) is 0 Å². The molecule has 0 unspecified atom stereocenters. The van der Waals surface area contributed by atoms with Crippen LogP contribution in [-0.4, -0.2) is 37.8 Å². The Kier molecular flexibility index (Phi) is 7.35. The maximum atomic E-state index is 6.43. The largest absolute Gasteiger partial charge is 0.411 e. The molecule has 0 saturated carbocycles. The van der Waals surface area contributed by atoms with Gasteiger partial charge in [0.05, 0.1) is 34.2 Å². The van der Waals surface area contributed by atoms with E-state index in [-0.39, 0.29) is 5.04 Å². The molecule has 0 bridgehead atoms. The number of aryl methyl sites for hydroxylation is 1. The van der Waals surface area contributed by atoms with Crippen molar-refractivity contribution >= 4 is 43.2 Å². The number of fused-ring (bicyclic) bond motifs is 1. The van der Waals surface area contributed by atoms with Crippen molar-refractivity contribution in [3.63, 3.8) is 0 Å². The normalized spacial score (nSPS) is 13.5. The number of rotatable bonds is 8. The molecule has 0 radical (unpaired) electrons. The molecule has 158 valence electrons. The highest BCUT2D eigenvalue weighted by Crippen LogP contribution is 2.37. The average molecular weight is 487 g/mol. The first-order valence-corrected chi connectivity index (χ1v) is 17.4. The van der Waals surface area contributed by atoms with Crippen LogP contribution in [0.1, 0.15) is 32.2 Å². The molecular weight excluding hydrogens is 450 g/mol. The van der Waals surface area contributed by atoms with Gasteiger partial charge in [-0.25, -0.2) is 4.68 Å². The smallest absolute Gasteiger partial charge is 0.192 e. The monoisotopic (exact) mass is 485 g/mol. The van der Waals surface area contributed by atoms with Gasteiger partial charge in [0.15, 0.2) is 8.32 Å². The van der Waals surface area contributed by atoms with Crippen LogP contribution in [0, 0.1) is 6.92 Å². The first kappa shape index (κ1) is 23.7. The second kappa shape index (κ2) is 8.67. The van der Waals surface area contributed by atoms with Gasteiger partial charge >= 0.3 is 0 Å². The lowest BCUT2D eigenvalue weighted by atomic mass is 10.2. The summed E-state index contributed by atoms with van der Waals surface area (Å²) in [6.07, 6.45) is 1.89. The minimum absolute atomic E-state index is 0.172. The van der Waals surface area contributed by atoms with Gasteiger partial charge in [-0.15, -0.1) is 0 Å². The van der Waals surface area contributed by atoms with Crippen LogP contribution in [0.2, 0.25) is 43.8 Å². The van der Waals surface area contributed by atoms with E-state index in [1.54, 1.807) is 0 Å². The summed E-state index contributed by atoms with van der Waals surface area (Å²) in [6, 6.07) is 1.15. The van der Waals surface area contributed by atoms with Crippen LogP contribution in [0.5, 0.6) is 0 Å². The molecule has 0 N–H and O–H groups in total. The zero-order chi connectivity index (χ0) is 21.3. The first-order chi connectivity index (χ1) is 12.7. The summed E-state index contributed by atoms with van der Waals surface area (Å²) < 4.78 is 15.3. The summed E-state index contributed by atoms with van der Waals surface area (Å²) in [5.41, 5.74) is 2.94. The maximum Gasteiger partial charge on any atom is 0.192 e. The SMILES string of the molecule is Cc1nc(CO[Si](C)(C)C(C)(C)C)c2cnn(COCC[Si](C)(C)C)c2c1Br. The maximum absolute atomic E-state index is 6.43. The van der Waals surface area contributed by atoms with Crippen LogP contribution >= 0.6 is 15.9 Å². The van der Waals surface area contributed by atoms with Gasteiger partial charge in [0, 0.05) is 20.1 Å². The molecule has 2 aromatic heterocycles. The molecule has 2 heterocycles. The van der Waals surface area contributed by atoms with Crippen molar-refractivity contribution in [2.45, 2.75) is 84.9 Å². The Balaban J connectivity index is 2.23. The van der Waals surface area contributed by atoms with Crippen molar-refractivity contribution in [2.24, 2.45) is 0 Å². The van der Waals surface area contributed by atoms with Gasteiger partial charge in [-0.2, -0.15) is 5.10 Å². The second-order valence-corrected chi connectivity index (χ2v) is 21.5. The van der Waals surface area contributed by atoms with E-state index in [0.717, 1.165) is 39.4 Å². The van der Waals surface area contributed by atoms with Gasteiger partial charge in [-0.1, -0.05) is 40.4 Å². The van der Waals surface area contributed by atoms with E-state index in [1.165, 1.54) is 0 Å². The Morgan fingerprint density at radius 2 is 1.79 bits per heavy atom. The number of ether oxygens (including phenoxy) is 1. The van der Waals surface area contributed by atoms with Crippen LogP contribution < -0.4 is 0 Å². The highest BCUT2D eigenvalue weighted by molar-refractivity contribution is 9.10. The molecule has 28 heavy (non-hydrogen) atoms. The summed E-state index contributed by atoms with van der Waals surface area (Å²) in [5.74, 6) is 0. The van der Waals surface area contributed by atoms with Crippen molar-refractivity contribution in [1.82, 2.24) is 14.8 Å². The van der Waals surface area contributed by atoms with Crippen molar-refractivity contribution in [1.29, 1.82) is 0 Å². The van der Waals surface area contributed by atoms with Crippen LogP contribution in [0.15, 0.2) is 10.7 Å². The summed E-state index contributed by atoms with van der Waals surface area (Å²) in [5, 5.41) is 5.78. The molecule has 0 aliphatic heterocycles. The fraction of sp³-hybridized carbons (Fsp3) is 0.700. The number of halogens is 1. The Labute approximate surface area is 180 Å². The molecule has 0 aliphatic carbocycles. The quantitative estimate of drug-likeness (QED) is 0.323. The lowest BCUT2D eigenvalue weighted by Gasteiger charge is -2.36. The van der Waals surface area contributed by atoms with Crippen molar-refractivity contribution in [3.05, 3.63) is 22.1 Å². The number of aromatic nitrogens is 3. The molecule has 0 aliphatic rings. The average Bonchev–Trinajstić information content (AvgIpc) is 2.96. The Bertz CT molecular complexity index is 823. The number of nitrogens with zero attached hydrogens (tertiary/aromatic N) is 3. The van der Waals surface area contributed by atoms with E-state index in [2.05, 4.69) is 74.5 Å². The third-order valence-corrected chi connectivity index (χ3v) is 12.7. The lowest BCUT2D eigenvalue weighted by Crippen LogP contribution is -2.40. The van der Waals surface area contributed by atoms with Crippen LogP contribution in [-0.2, 0) is 22.5 Å². The fourth-order valence-corrected chi connectivity index (χ4v) is 4.71. The van der Waals surface area contributed by atoms with Crippen molar-refractivity contribution < 1.29 is 9.16 Å². The van der Waals surface area contributed by atoms with Gasteiger partial charge in [0.1, 0.15) is 6.73 Å². The highest BCUT2D eigenvalue weighted by atomic mass is 79.9. The van der Waals surface area contributed by atoms with E-state index in [1.807, 2.05) is 17.8 Å². The minimum Gasteiger partial charge on any atom is -0.411 e. The summed E-state index contributed by atoms with van der Waals surface area (Å²) >= 11 is 3.70. The number of hydrogen-bond acceptors (Lipinski definition) is 4. The molecule has 0 saturated heterocycles. The fourth-order valence-electron chi connectivity index (χ4n) is 2.51. The minimum atomic E-state index is -1.84. The Morgan fingerprint density at radius 3 is 2.36 bits per heavy atom. The van der Waals surface area contributed by atoms with E-state index < -0.39 is 16.4 Å². The first-order valence-electron chi connectivity index (χ1n) is 9.95. The summed E-state index contributed by atoms with van der Waals surface area (Å²) in [4.78, 5) is 4.79. The van der Waals surface area contributed by atoms with Gasteiger partial charge < -0.3 is 9.16 Å². The predicted octanol–water partition coefficient (Wildman–Crippen LogP) is 6.34. The van der Waals surface area contributed by atoms with Crippen molar-refractivity contribution in [2.75, 3.05) is 6.61 Å².